The number of amides is 2. The van der Waals surface area contributed by atoms with Crippen LogP contribution in [-0.2, 0) is 32.3 Å². The average Bonchev–Trinajstić information content (AvgIpc) is 2.75. The lowest BCUT2D eigenvalue weighted by molar-refractivity contribution is -0.149. The normalized spacial score (nSPS) is 12.3. The number of carbonyl (C=O) groups excluding carboxylic acids is 3. The van der Waals surface area contributed by atoms with Crippen LogP contribution in [0.15, 0.2) is 60.7 Å². The zero-order valence-electron chi connectivity index (χ0n) is 16.6. The fourth-order valence-electron chi connectivity index (χ4n) is 2.46. The molecule has 0 heterocycles. The van der Waals surface area contributed by atoms with E-state index in [0.717, 1.165) is 11.1 Å². The first-order valence-electron chi connectivity index (χ1n) is 9.47. The molecular formula is C22H26N2O5. The fourth-order valence-corrected chi connectivity index (χ4v) is 2.46. The lowest BCUT2D eigenvalue weighted by atomic mass is 10.2. The molecule has 0 aromatic heterocycles. The van der Waals surface area contributed by atoms with Gasteiger partial charge in [-0.25, -0.2) is 9.59 Å². The minimum Gasteiger partial charge on any atom is -0.459 e. The van der Waals surface area contributed by atoms with E-state index in [9.17, 15) is 14.4 Å². The molecule has 2 amide bonds. The number of hydrogen-bond donors (Lipinski definition) is 2. The van der Waals surface area contributed by atoms with Crippen LogP contribution in [-0.4, -0.2) is 30.1 Å². The molecule has 0 aliphatic carbocycles. The minimum atomic E-state index is -0.866. The Kier molecular flexibility index (Phi) is 8.69. The van der Waals surface area contributed by atoms with Crippen molar-refractivity contribution in [1.82, 2.24) is 10.6 Å². The summed E-state index contributed by atoms with van der Waals surface area (Å²) in [6.07, 6.45) is -0.346. The zero-order valence-corrected chi connectivity index (χ0v) is 16.6. The molecule has 2 atom stereocenters. The molecule has 0 spiro atoms. The molecule has 0 fully saturated rings. The third-order valence-electron chi connectivity index (χ3n) is 4.17. The van der Waals surface area contributed by atoms with Gasteiger partial charge in [-0.3, -0.25) is 4.79 Å². The number of carbonyl (C=O) groups is 3. The number of esters is 1. The molecule has 29 heavy (non-hydrogen) atoms. The molecule has 0 saturated carbocycles. The van der Waals surface area contributed by atoms with Crippen LogP contribution in [0.1, 0.15) is 31.4 Å². The SMILES string of the molecule is CC[C@H](NC(=O)[C@@H](C)NC(=O)OCc1ccccc1)C(=O)OCc1ccccc1. The van der Waals surface area contributed by atoms with E-state index in [0.29, 0.717) is 6.42 Å². The van der Waals surface area contributed by atoms with Crippen molar-refractivity contribution in [2.24, 2.45) is 0 Å². The van der Waals surface area contributed by atoms with Gasteiger partial charge in [0.2, 0.25) is 5.91 Å². The van der Waals surface area contributed by atoms with E-state index in [1.807, 2.05) is 60.7 Å². The van der Waals surface area contributed by atoms with Crippen molar-refractivity contribution in [2.75, 3.05) is 0 Å². The second kappa shape index (κ2) is 11.5. The third-order valence-corrected chi connectivity index (χ3v) is 4.17. The van der Waals surface area contributed by atoms with Gasteiger partial charge in [0.05, 0.1) is 0 Å². The molecule has 2 aromatic rings. The van der Waals surface area contributed by atoms with Gasteiger partial charge in [-0.2, -0.15) is 0 Å². The molecule has 2 rings (SSSR count). The number of nitrogens with one attached hydrogen (secondary N) is 2. The van der Waals surface area contributed by atoms with E-state index in [4.69, 9.17) is 9.47 Å². The van der Waals surface area contributed by atoms with Crippen molar-refractivity contribution in [2.45, 2.75) is 45.6 Å². The highest BCUT2D eigenvalue weighted by Gasteiger charge is 2.24. The van der Waals surface area contributed by atoms with Crippen LogP contribution in [0.5, 0.6) is 0 Å². The maximum Gasteiger partial charge on any atom is 0.408 e. The number of ether oxygens (including phenoxy) is 2. The predicted octanol–water partition coefficient (Wildman–Crippen LogP) is 2.94. The highest BCUT2D eigenvalue weighted by atomic mass is 16.5. The van der Waals surface area contributed by atoms with E-state index >= 15 is 0 Å². The third kappa shape index (κ3) is 7.65. The van der Waals surface area contributed by atoms with Gasteiger partial charge in [0, 0.05) is 0 Å². The second-order valence-electron chi connectivity index (χ2n) is 6.49. The Morgan fingerprint density at radius 2 is 1.34 bits per heavy atom. The molecule has 7 heteroatoms. The first-order valence-corrected chi connectivity index (χ1v) is 9.47. The lowest BCUT2D eigenvalue weighted by Crippen LogP contribution is -2.50. The van der Waals surface area contributed by atoms with E-state index in [2.05, 4.69) is 10.6 Å². The van der Waals surface area contributed by atoms with Gasteiger partial charge in [0.15, 0.2) is 0 Å². The summed E-state index contributed by atoms with van der Waals surface area (Å²) in [6, 6.07) is 16.8. The zero-order chi connectivity index (χ0) is 21.1. The minimum absolute atomic E-state index is 0.102. The molecule has 2 aromatic carbocycles. The van der Waals surface area contributed by atoms with Crippen LogP contribution >= 0.6 is 0 Å². The Balaban J connectivity index is 1.76. The molecule has 0 aliphatic rings. The lowest BCUT2D eigenvalue weighted by Gasteiger charge is -2.19. The Morgan fingerprint density at radius 3 is 1.86 bits per heavy atom. The predicted molar refractivity (Wildman–Crippen MR) is 108 cm³/mol. The first-order chi connectivity index (χ1) is 14.0. The molecule has 2 N–H and O–H groups in total. The van der Waals surface area contributed by atoms with Crippen LogP contribution in [0.2, 0.25) is 0 Å². The highest BCUT2D eigenvalue weighted by Crippen LogP contribution is 2.04. The molecular weight excluding hydrogens is 372 g/mol. The van der Waals surface area contributed by atoms with Crippen molar-refractivity contribution in [3.63, 3.8) is 0 Å². The summed E-state index contributed by atoms with van der Waals surface area (Å²) in [6.45, 7) is 3.51. The summed E-state index contributed by atoms with van der Waals surface area (Å²) in [5.74, 6) is -1.02. The van der Waals surface area contributed by atoms with E-state index in [1.54, 1.807) is 6.92 Å². The van der Waals surface area contributed by atoms with E-state index in [1.165, 1.54) is 6.92 Å². The van der Waals surface area contributed by atoms with Crippen molar-refractivity contribution < 1.29 is 23.9 Å². The molecule has 0 unspecified atom stereocenters. The quantitative estimate of drug-likeness (QED) is 0.634. The molecule has 0 bridgehead atoms. The summed E-state index contributed by atoms with van der Waals surface area (Å²) in [5, 5.41) is 5.05. The average molecular weight is 398 g/mol. The van der Waals surface area contributed by atoms with Crippen molar-refractivity contribution >= 4 is 18.0 Å². The van der Waals surface area contributed by atoms with Crippen molar-refractivity contribution in [1.29, 1.82) is 0 Å². The summed E-state index contributed by atoms with van der Waals surface area (Å²) >= 11 is 0. The maximum absolute atomic E-state index is 12.3. The summed E-state index contributed by atoms with van der Waals surface area (Å²) < 4.78 is 10.4. The smallest absolute Gasteiger partial charge is 0.408 e. The maximum atomic E-state index is 12.3. The highest BCUT2D eigenvalue weighted by molar-refractivity contribution is 5.89. The summed E-state index contributed by atoms with van der Waals surface area (Å²) in [4.78, 5) is 36.4. The Labute approximate surface area is 170 Å². The van der Waals surface area contributed by atoms with Gasteiger partial charge in [-0.1, -0.05) is 67.6 Å². The van der Waals surface area contributed by atoms with Crippen LogP contribution < -0.4 is 10.6 Å². The second-order valence-corrected chi connectivity index (χ2v) is 6.49. The monoisotopic (exact) mass is 398 g/mol. The molecule has 0 radical (unpaired) electrons. The van der Waals surface area contributed by atoms with Crippen LogP contribution in [0.25, 0.3) is 0 Å². The topological polar surface area (TPSA) is 93.7 Å². The van der Waals surface area contributed by atoms with Crippen LogP contribution in [0.4, 0.5) is 4.79 Å². The Hall–Kier alpha value is -3.35. The molecule has 154 valence electrons. The van der Waals surface area contributed by atoms with Crippen molar-refractivity contribution in [3.8, 4) is 0 Å². The molecule has 0 aliphatic heterocycles. The van der Waals surface area contributed by atoms with Gasteiger partial charge in [0.25, 0.3) is 0 Å². The first kappa shape index (κ1) is 21.9. The van der Waals surface area contributed by atoms with Gasteiger partial charge in [-0.05, 0) is 24.5 Å². The number of benzene rings is 2. The summed E-state index contributed by atoms with van der Waals surface area (Å²) in [7, 11) is 0. The van der Waals surface area contributed by atoms with Crippen molar-refractivity contribution in [3.05, 3.63) is 71.8 Å². The van der Waals surface area contributed by atoms with E-state index < -0.39 is 30.1 Å². The molecule has 7 nitrogen and oxygen atoms in total. The van der Waals surface area contributed by atoms with E-state index in [-0.39, 0.29) is 13.2 Å². The van der Waals surface area contributed by atoms with Crippen LogP contribution in [0, 0.1) is 0 Å². The van der Waals surface area contributed by atoms with Gasteiger partial charge in [-0.15, -0.1) is 0 Å². The fraction of sp³-hybridized carbons (Fsp3) is 0.318. The Morgan fingerprint density at radius 1 is 0.828 bits per heavy atom. The van der Waals surface area contributed by atoms with Crippen LogP contribution in [0.3, 0.4) is 0 Å². The summed E-state index contributed by atoms with van der Waals surface area (Å²) in [5.41, 5.74) is 1.70. The van der Waals surface area contributed by atoms with Gasteiger partial charge < -0.3 is 20.1 Å². The standard InChI is InChI=1S/C22H26N2O5/c1-3-19(21(26)28-14-17-10-6-4-7-11-17)24-20(25)16(2)23-22(27)29-15-18-12-8-5-9-13-18/h4-13,16,19H,3,14-15H2,1-2H3,(H,23,27)(H,24,25)/t16-,19+/m1/s1. The number of rotatable bonds is 9. The van der Waals surface area contributed by atoms with Gasteiger partial charge in [0.1, 0.15) is 25.3 Å². The number of hydrogen-bond acceptors (Lipinski definition) is 5. The molecule has 0 saturated heterocycles. The largest absolute Gasteiger partial charge is 0.459 e. The number of alkyl carbamates (subject to hydrolysis) is 1. The Bertz CT molecular complexity index is 795. The van der Waals surface area contributed by atoms with Gasteiger partial charge >= 0.3 is 12.1 Å².